The zero-order valence-corrected chi connectivity index (χ0v) is 13.0. The third-order valence-corrected chi connectivity index (χ3v) is 4.07. The van der Waals surface area contributed by atoms with Crippen molar-refractivity contribution in [1.29, 1.82) is 0 Å². The fourth-order valence-electron chi connectivity index (χ4n) is 2.50. The molecule has 0 saturated carbocycles. The van der Waals surface area contributed by atoms with E-state index in [-0.39, 0.29) is 0 Å². The molecule has 1 aliphatic rings. The predicted molar refractivity (Wildman–Crippen MR) is 78.7 cm³/mol. The second kappa shape index (κ2) is 6.17. The van der Waals surface area contributed by atoms with E-state index >= 15 is 0 Å². The summed E-state index contributed by atoms with van der Waals surface area (Å²) in [5.41, 5.74) is 2.92. The van der Waals surface area contributed by atoms with E-state index < -0.39 is 0 Å². The van der Waals surface area contributed by atoms with Gasteiger partial charge in [-0.15, -0.1) is 0 Å². The van der Waals surface area contributed by atoms with Gasteiger partial charge < -0.3 is 4.74 Å². The quantitative estimate of drug-likeness (QED) is 0.775. The van der Waals surface area contributed by atoms with Crippen molar-refractivity contribution in [2.45, 2.75) is 25.4 Å². The summed E-state index contributed by atoms with van der Waals surface area (Å²) < 4.78 is 6.66. The van der Waals surface area contributed by atoms with Crippen LogP contribution in [0.1, 0.15) is 17.5 Å². The summed E-state index contributed by atoms with van der Waals surface area (Å²) in [6.07, 6.45) is 5.69. The highest BCUT2D eigenvalue weighted by molar-refractivity contribution is 9.28. The molecule has 1 aliphatic carbocycles. The molecule has 0 bridgehead atoms. The molecule has 2 atom stereocenters. The number of allylic oxidation sites excluding steroid dienone is 1. The standard InChI is InChI=1S/C14H16Br2O/c1-17-13-9-11-5-3-2-4-10(11)8-12(13)6-7-14(15)16/h2-5,7,12-13H,6,8-9H2,1H3. The molecular weight excluding hydrogens is 344 g/mol. The van der Waals surface area contributed by atoms with E-state index in [4.69, 9.17) is 4.74 Å². The van der Waals surface area contributed by atoms with Gasteiger partial charge in [0.05, 0.1) is 9.50 Å². The van der Waals surface area contributed by atoms with Crippen LogP contribution < -0.4 is 0 Å². The van der Waals surface area contributed by atoms with Gasteiger partial charge in [-0.05, 0) is 68.2 Å². The highest BCUT2D eigenvalue weighted by Gasteiger charge is 2.27. The minimum atomic E-state index is 0.334. The molecule has 1 nitrogen and oxygen atoms in total. The van der Waals surface area contributed by atoms with Crippen LogP contribution in [0.2, 0.25) is 0 Å². The maximum absolute atomic E-state index is 5.63. The number of fused-ring (bicyclic) bond motifs is 1. The van der Waals surface area contributed by atoms with E-state index in [2.05, 4.69) is 62.2 Å². The Kier molecular flexibility index (Phi) is 4.83. The Morgan fingerprint density at radius 2 is 1.94 bits per heavy atom. The molecule has 2 unspecified atom stereocenters. The van der Waals surface area contributed by atoms with E-state index in [1.807, 2.05) is 7.11 Å². The average Bonchev–Trinajstić information content (AvgIpc) is 2.35. The van der Waals surface area contributed by atoms with E-state index in [1.165, 1.54) is 11.1 Å². The van der Waals surface area contributed by atoms with Gasteiger partial charge in [0.1, 0.15) is 0 Å². The summed E-state index contributed by atoms with van der Waals surface area (Å²) in [6.45, 7) is 0. The largest absolute Gasteiger partial charge is 0.381 e. The van der Waals surface area contributed by atoms with Crippen LogP contribution in [0.3, 0.4) is 0 Å². The summed E-state index contributed by atoms with van der Waals surface area (Å²) in [6, 6.07) is 8.69. The van der Waals surface area contributed by atoms with Crippen LogP contribution in [0.15, 0.2) is 33.7 Å². The lowest BCUT2D eigenvalue weighted by molar-refractivity contribution is 0.0472. The van der Waals surface area contributed by atoms with Gasteiger partial charge in [-0.25, -0.2) is 0 Å². The Balaban J connectivity index is 2.15. The SMILES string of the molecule is COC1Cc2ccccc2CC1CC=C(Br)Br. The Hall–Kier alpha value is -0.120. The number of hydrogen-bond acceptors (Lipinski definition) is 1. The number of methoxy groups -OCH3 is 1. The van der Waals surface area contributed by atoms with Crippen LogP contribution in [0.25, 0.3) is 0 Å². The van der Waals surface area contributed by atoms with Gasteiger partial charge in [0, 0.05) is 7.11 Å². The van der Waals surface area contributed by atoms with Crippen molar-refractivity contribution in [3.05, 3.63) is 44.9 Å². The highest BCUT2D eigenvalue weighted by Crippen LogP contribution is 2.30. The van der Waals surface area contributed by atoms with Crippen molar-refractivity contribution in [3.63, 3.8) is 0 Å². The molecule has 0 aromatic heterocycles. The Labute approximate surface area is 120 Å². The van der Waals surface area contributed by atoms with Crippen LogP contribution in [-0.4, -0.2) is 13.2 Å². The first-order valence-electron chi connectivity index (χ1n) is 5.81. The summed E-state index contributed by atoms with van der Waals surface area (Å²) in [5.74, 6) is 0.569. The topological polar surface area (TPSA) is 9.23 Å². The smallest absolute Gasteiger partial charge is 0.0646 e. The molecule has 0 heterocycles. The van der Waals surface area contributed by atoms with Gasteiger partial charge in [-0.1, -0.05) is 30.3 Å². The van der Waals surface area contributed by atoms with Gasteiger partial charge in [-0.2, -0.15) is 0 Å². The number of halogens is 2. The van der Waals surface area contributed by atoms with E-state index in [0.29, 0.717) is 12.0 Å². The number of benzene rings is 1. The fraction of sp³-hybridized carbons (Fsp3) is 0.429. The first-order valence-corrected chi connectivity index (χ1v) is 7.40. The average molecular weight is 360 g/mol. The van der Waals surface area contributed by atoms with Gasteiger partial charge in [0.15, 0.2) is 0 Å². The van der Waals surface area contributed by atoms with Gasteiger partial charge in [-0.3, -0.25) is 0 Å². The number of hydrogen-bond donors (Lipinski definition) is 0. The minimum absolute atomic E-state index is 0.334. The lowest BCUT2D eigenvalue weighted by Gasteiger charge is -2.31. The van der Waals surface area contributed by atoms with Crippen molar-refractivity contribution < 1.29 is 4.74 Å². The molecule has 3 heteroatoms. The van der Waals surface area contributed by atoms with E-state index in [1.54, 1.807) is 0 Å². The molecule has 0 saturated heterocycles. The predicted octanol–water partition coefficient (Wildman–Crippen LogP) is 4.44. The molecule has 2 rings (SSSR count). The van der Waals surface area contributed by atoms with E-state index in [9.17, 15) is 0 Å². The molecule has 0 aliphatic heterocycles. The normalized spacial score (nSPS) is 23.0. The minimum Gasteiger partial charge on any atom is -0.381 e. The highest BCUT2D eigenvalue weighted by atomic mass is 79.9. The zero-order valence-electron chi connectivity index (χ0n) is 9.83. The molecular formula is C14H16Br2O. The molecule has 92 valence electrons. The molecule has 0 amide bonds. The maximum Gasteiger partial charge on any atom is 0.0646 e. The number of ether oxygens (including phenoxy) is 1. The summed E-state index contributed by atoms with van der Waals surface area (Å²) >= 11 is 6.82. The van der Waals surface area contributed by atoms with Crippen molar-refractivity contribution in [1.82, 2.24) is 0 Å². The third-order valence-electron chi connectivity index (χ3n) is 3.43. The molecule has 17 heavy (non-hydrogen) atoms. The second-order valence-electron chi connectivity index (χ2n) is 4.44. The third kappa shape index (κ3) is 3.43. The van der Waals surface area contributed by atoms with Gasteiger partial charge in [0.2, 0.25) is 0 Å². The first kappa shape index (κ1) is 13.3. The Morgan fingerprint density at radius 1 is 1.29 bits per heavy atom. The Morgan fingerprint density at radius 3 is 2.53 bits per heavy atom. The number of rotatable bonds is 3. The molecule has 0 radical (unpaired) electrons. The zero-order chi connectivity index (χ0) is 12.3. The van der Waals surface area contributed by atoms with Crippen LogP contribution >= 0.6 is 31.9 Å². The van der Waals surface area contributed by atoms with Crippen LogP contribution in [0.4, 0.5) is 0 Å². The lowest BCUT2D eigenvalue weighted by Crippen LogP contribution is -2.31. The van der Waals surface area contributed by atoms with Gasteiger partial charge in [0.25, 0.3) is 0 Å². The fourth-order valence-corrected chi connectivity index (χ4v) is 2.88. The van der Waals surface area contributed by atoms with Crippen molar-refractivity contribution >= 4 is 31.9 Å². The van der Waals surface area contributed by atoms with Crippen LogP contribution in [0, 0.1) is 5.92 Å². The monoisotopic (exact) mass is 358 g/mol. The lowest BCUT2D eigenvalue weighted by atomic mass is 9.80. The maximum atomic E-state index is 5.63. The van der Waals surface area contributed by atoms with E-state index in [0.717, 1.165) is 22.7 Å². The van der Waals surface area contributed by atoms with Crippen molar-refractivity contribution in [3.8, 4) is 0 Å². The first-order chi connectivity index (χ1) is 8.20. The molecule has 0 fully saturated rings. The molecule has 0 spiro atoms. The summed E-state index contributed by atoms with van der Waals surface area (Å²) in [7, 11) is 1.82. The second-order valence-corrected chi connectivity index (χ2v) is 7.21. The molecule has 0 N–H and O–H groups in total. The van der Waals surface area contributed by atoms with Gasteiger partial charge >= 0.3 is 0 Å². The van der Waals surface area contributed by atoms with Crippen molar-refractivity contribution in [2.75, 3.05) is 7.11 Å². The summed E-state index contributed by atoms with van der Waals surface area (Å²) in [4.78, 5) is 0. The van der Waals surface area contributed by atoms with Crippen LogP contribution in [-0.2, 0) is 17.6 Å². The van der Waals surface area contributed by atoms with Crippen LogP contribution in [0.5, 0.6) is 0 Å². The van der Waals surface area contributed by atoms with Crippen molar-refractivity contribution in [2.24, 2.45) is 5.92 Å². The molecule has 1 aromatic rings. The molecule has 1 aromatic carbocycles. The Bertz CT molecular complexity index is 410. The summed E-state index contributed by atoms with van der Waals surface area (Å²) in [5, 5.41) is 0.